The number of nitrogens with one attached hydrogen (secondary N) is 2. The van der Waals surface area contributed by atoms with Gasteiger partial charge in [-0.25, -0.2) is 0 Å². The first-order valence-electron chi connectivity index (χ1n) is 7.73. The summed E-state index contributed by atoms with van der Waals surface area (Å²) in [5.41, 5.74) is -0.292. The summed E-state index contributed by atoms with van der Waals surface area (Å²) in [6, 6.07) is -0.177. The van der Waals surface area contributed by atoms with Crippen molar-refractivity contribution in [2.75, 3.05) is 19.6 Å². The zero-order valence-corrected chi connectivity index (χ0v) is 14.0. The standard InChI is InChI=1S/C16H32N2O2/c1-7-17-10-8-14(19)13(4)18-11-9-15(20)16(5,6)12(2)3/h12-13,17-18H,7-11H2,1-6H3. The third-order valence-corrected chi connectivity index (χ3v) is 4.25. The van der Waals surface area contributed by atoms with Gasteiger partial charge in [-0.15, -0.1) is 0 Å². The highest BCUT2D eigenvalue weighted by Crippen LogP contribution is 2.28. The van der Waals surface area contributed by atoms with E-state index in [0.29, 0.717) is 25.3 Å². The quantitative estimate of drug-likeness (QED) is 0.571. The van der Waals surface area contributed by atoms with E-state index in [1.807, 2.05) is 27.7 Å². The average Bonchev–Trinajstić information content (AvgIpc) is 2.38. The van der Waals surface area contributed by atoms with Gasteiger partial charge in [0.25, 0.3) is 0 Å². The van der Waals surface area contributed by atoms with Gasteiger partial charge < -0.3 is 10.6 Å². The average molecular weight is 284 g/mol. The van der Waals surface area contributed by atoms with Crippen LogP contribution in [0.2, 0.25) is 0 Å². The second kappa shape index (κ2) is 9.24. The van der Waals surface area contributed by atoms with E-state index in [1.165, 1.54) is 0 Å². The number of ketones is 2. The van der Waals surface area contributed by atoms with Gasteiger partial charge >= 0.3 is 0 Å². The predicted molar refractivity (Wildman–Crippen MR) is 83.9 cm³/mol. The summed E-state index contributed by atoms with van der Waals surface area (Å²) in [5, 5.41) is 6.29. The molecule has 4 nitrogen and oxygen atoms in total. The molecule has 0 rings (SSSR count). The number of Topliss-reactive ketones (excluding diaryl/α,β-unsaturated/α-hetero) is 2. The van der Waals surface area contributed by atoms with E-state index < -0.39 is 0 Å². The highest BCUT2D eigenvalue weighted by atomic mass is 16.1. The summed E-state index contributed by atoms with van der Waals surface area (Å²) in [6.07, 6.45) is 1.02. The predicted octanol–water partition coefficient (Wildman–Crippen LogP) is 2.17. The van der Waals surface area contributed by atoms with E-state index in [4.69, 9.17) is 0 Å². The van der Waals surface area contributed by atoms with E-state index in [1.54, 1.807) is 0 Å². The van der Waals surface area contributed by atoms with E-state index in [9.17, 15) is 9.59 Å². The molecule has 0 bridgehead atoms. The first kappa shape index (κ1) is 19.3. The van der Waals surface area contributed by atoms with Gasteiger partial charge in [0.05, 0.1) is 6.04 Å². The molecule has 0 saturated carbocycles. The third-order valence-electron chi connectivity index (χ3n) is 4.25. The number of rotatable bonds is 11. The first-order chi connectivity index (χ1) is 9.23. The van der Waals surface area contributed by atoms with Crippen LogP contribution < -0.4 is 10.6 Å². The first-order valence-corrected chi connectivity index (χ1v) is 7.73. The zero-order valence-electron chi connectivity index (χ0n) is 14.0. The van der Waals surface area contributed by atoms with Crippen molar-refractivity contribution in [3.63, 3.8) is 0 Å². The summed E-state index contributed by atoms with van der Waals surface area (Å²) in [4.78, 5) is 23.9. The van der Waals surface area contributed by atoms with Crippen LogP contribution in [0.1, 0.15) is 54.4 Å². The lowest BCUT2D eigenvalue weighted by molar-refractivity contribution is -0.129. The lowest BCUT2D eigenvalue weighted by Crippen LogP contribution is -2.38. The normalized spacial score (nSPS) is 13.6. The number of hydrogen-bond donors (Lipinski definition) is 2. The molecule has 0 spiro atoms. The zero-order chi connectivity index (χ0) is 15.8. The van der Waals surface area contributed by atoms with Crippen molar-refractivity contribution in [2.24, 2.45) is 11.3 Å². The molecule has 0 aromatic heterocycles. The van der Waals surface area contributed by atoms with Gasteiger partial charge in [0.15, 0.2) is 5.78 Å². The molecule has 0 radical (unpaired) electrons. The molecule has 0 saturated heterocycles. The second-order valence-corrected chi connectivity index (χ2v) is 6.30. The number of carbonyl (C=O) groups is 2. The number of carbonyl (C=O) groups excluding carboxylic acids is 2. The molecule has 0 aliphatic carbocycles. The van der Waals surface area contributed by atoms with Gasteiger partial charge in [-0.1, -0.05) is 34.6 Å². The molecule has 4 heteroatoms. The molecule has 2 N–H and O–H groups in total. The Morgan fingerprint density at radius 1 is 1.05 bits per heavy atom. The van der Waals surface area contributed by atoms with E-state index in [-0.39, 0.29) is 23.0 Å². The van der Waals surface area contributed by atoms with Gasteiger partial charge in [0, 0.05) is 31.3 Å². The Morgan fingerprint density at radius 3 is 2.15 bits per heavy atom. The summed E-state index contributed by atoms with van der Waals surface area (Å²) in [6.45, 7) is 14.2. The Kier molecular flexibility index (Phi) is 8.90. The van der Waals surface area contributed by atoms with Crippen molar-refractivity contribution in [3.05, 3.63) is 0 Å². The summed E-state index contributed by atoms with van der Waals surface area (Å²) < 4.78 is 0. The van der Waals surface area contributed by atoms with E-state index in [0.717, 1.165) is 13.1 Å². The Morgan fingerprint density at radius 2 is 1.65 bits per heavy atom. The minimum absolute atomic E-state index is 0.177. The highest BCUT2D eigenvalue weighted by molar-refractivity contribution is 5.85. The Hall–Kier alpha value is -0.740. The van der Waals surface area contributed by atoms with Crippen LogP contribution in [0.15, 0.2) is 0 Å². The highest BCUT2D eigenvalue weighted by Gasteiger charge is 2.30. The smallest absolute Gasteiger partial charge is 0.150 e. The van der Waals surface area contributed by atoms with Crippen LogP contribution in [-0.2, 0) is 9.59 Å². The molecule has 0 aliphatic heterocycles. The monoisotopic (exact) mass is 284 g/mol. The van der Waals surface area contributed by atoms with Gasteiger partial charge in [-0.05, 0) is 19.4 Å². The maximum atomic E-state index is 12.1. The molecule has 1 atom stereocenters. The van der Waals surface area contributed by atoms with Crippen LogP contribution in [0.5, 0.6) is 0 Å². The molecule has 0 amide bonds. The summed E-state index contributed by atoms with van der Waals surface area (Å²) in [7, 11) is 0. The molecule has 0 heterocycles. The molecule has 0 aromatic rings. The largest absolute Gasteiger partial charge is 0.317 e. The molecule has 0 aromatic carbocycles. The van der Waals surface area contributed by atoms with Crippen molar-refractivity contribution in [1.82, 2.24) is 10.6 Å². The van der Waals surface area contributed by atoms with E-state index >= 15 is 0 Å². The van der Waals surface area contributed by atoms with Crippen molar-refractivity contribution < 1.29 is 9.59 Å². The van der Waals surface area contributed by atoms with Crippen LogP contribution >= 0.6 is 0 Å². The fourth-order valence-electron chi connectivity index (χ4n) is 1.77. The Labute approximate surface area is 124 Å². The Bertz CT molecular complexity index is 312. The fraction of sp³-hybridized carbons (Fsp3) is 0.875. The molecule has 0 aliphatic rings. The van der Waals surface area contributed by atoms with Crippen molar-refractivity contribution in [3.8, 4) is 0 Å². The van der Waals surface area contributed by atoms with Crippen LogP contribution in [-0.4, -0.2) is 37.2 Å². The minimum Gasteiger partial charge on any atom is -0.317 e. The molecule has 118 valence electrons. The molecule has 0 fully saturated rings. The maximum absolute atomic E-state index is 12.1. The molecule has 20 heavy (non-hydrogen) atoms. The van der Waals surface area contributed by atoms with Crippen molar-refractivity contribution in [1.29, 1.82) is 0 Å². The summed E-state index contributed by atoms with van der Waals surface area (Å²) in [5.74, 6) is 0.781. The second-order valence-electron chi connectivity index (χ2n) is 6.30. The molecular formula is C16H32N2O2. The SMILES string of the molecule is CCNCCC(=O)C(C)NCCC(=O)C(C)(C)C(C)C. The lowest BCUT2D eigenvalue weighted by atomic mass is 9.76. The Balaban J connectivity index is 4.00. The van der Waals surface area contributed by atoms with Gasteiger partial charge in [-0.2, -0.15) is 0 Å². The third kappa shape index (κ3) is 6.62. The van der Waals surface area contributed by atoms with Crippen molar-refractivity contribution in [2.45, 2.75) is 60.4 Å². The van der Waals surface area contributed by atoms with Gasteiger partial charge in [0.1, 0.15) is 5.78 Å². The number of hydrogen-bond acceptors (Lipinski definition) is 4. The van der Waals surface area contributed by atoms with Crippen LogP contribution in [0, 0.1) is 11.3 Å². The maximum Gasteiger partial charge on any atom is 0.150 e. The fourth-order valence-corrected chi connectivity index (χ4v) is 1.77. The molecular weight excluding hydrogens is 252 g/mol. The van der Waals surface area contributed by atoms with E-state index in [2.05, 4.69) is 24.5 Å². The topological polar surface area (TPSA) is 58.2 Å². The lowest BCUT2D eigenvalue weighted by Gasteiger charge is -2.27. The van der Waals surface area contributed by atoms with Crippen LogP contribution in [0.3, 0.4) is 0 Å². The summed E-state index contributed by atoms with van der Waals surface area (Å²) >= 11 is 0. The molecule has 1 unspecified atom stereocenters. The minimum atomic E-state index is -0.292. The van der Waals surface area contributed by atoms with Gasteiger partial charge in [-0.3, -0.25) is 9.59 Å². The van der Waals surface area contributed by atoms with Crippen LogP contribution in [0.4, 0.5) is 0 Å². The van der Waals surface area contributed by atoms with Gasteiger partial charge in [0.2, 0.25) is 0 Å². The van der Waals surface area contributed by atoms with Crippen LogP contribution in [0.25, 0.3) is 0 Å². The van der Waals surface area contributed by atoms with Crippen molar-refractivity contribution >= 4 is 11.6 Å².